The zero-order valence-electron chi connectivity index (χ0n) is 12.4. The van der Waals surface area contributed by atoms with E-state index < -0.39 is 0 Å². The molecule has 0 spiro atoms. The monoisotopic (exact) mass is 297 g/mol. The van der Waals surface area contributed by atoms with Crippen LogP contribution in [0.2, 0.25) is 0 Å². The van der Waals surface area contributed by atoms with Gasteiger partial charge in [-0.3, -0.25) is 0 Å². The van der Waals surface area contributed by atoms with Crippen LogP contribution in [-0.2, 0) is 17.6 Å². The number of aryl methyl sites for hydroxylation is 1. The van der Waals surface area contributed by atoms with Crippen LogP contribution in [-0.4, -0.2) is 47.8 Å². The number of hydrogen-bond donors (Lipinski definition) is 1. The highest BCUT2D eigenvalue weighted by atomic mass is 32.1. The lowest BCUT2D eigenvalue weighted by Crippen LogP contribution is -2.51. The zero-order valence-corrected chi connectivity index (χ0v) is 13.2. The molecule has 2 heterocycles. The maximum absolute atomic E-state index is 12.1. The van der Waals surface area contributed by atoms with Crippen molar-refractivity contribution in [3.63, 3.8) is 0 Å². The average Bonchev–Trinajstić information content (AvgIpc) is 2.85. The summed E-state index contributed by atoms with van der Waals surface area (Å²) >= 11 is 1.69. The summed E-state index contributed by atoms with van der Waals surface area (Å²) in [5.74, 6) is 0. The number of ether oxygens (including phenoxy) is 1. The van der Waals surface area contributed by atoms with Gasteiger partial charge < -0.3 is 15.0 Å². The Labute approximate surface area is 124 Å². The Kier molecular flexibility index (Phi) is 5.37. The number of carbonyl (C=O) groups excluding carboxylic acids is 1. The highest BCUT2D eigenvalue weighted by molar-refractivity contribution is 7.09. The van der Waals surface area contributed by atoms with Crippen LogP contribution in [0.15, 0.2) is 5.38 Å². The molecule has 0 radical (unpaired) electrons. The van der Waals surface area contributed by atoms with Gasteiger partial charge in [-0.25, -0.2) is 9.78 Å². The predicted molar refractivity (Wildman–Crippen MR) is 80.2 cm³/mol. The number of urea groups is 1. The summed E-state index contributed by atoms with van der Waals surface area (Å²) in [5, 5.41) is 6.19. The van der Waals surface area contributed by atoms with Gasteiger partial charge in [-0.15, -0.1) is 11.3 Å². The van der Waals surface area contributed by atoms with Gasteiger partial charge in [0.05, 0.1) is 22.9 Å². The lowest BCUT2D eigenvalue weighted by atomic mass is 10.2. The first kappa shape index (κ1) is 15.3. The van der Waals surface area contributed by atoms with Crippen molar-refractivity contribution in [3.8, 4) is 0 Å². The molecule has 112 valence electrons. The number of carbonyl (C=O) groups is 1. The SMILES string of the molecule is CCc1nc(CCNC(=O)N2CC(C)OC(C)C2)cs1. The molecule has 0 bridgehead atoms. The maximum atomic E-state index is 12.1. The molecule has 0 saturated carbocycles. The van der Waals surface area contributed by atoms with Gasteiger partial charge >= 0.3 is 6.03 Å². The Hall–Kier alpha value is -1.14. The van der Waals surface area contributed by atoms with E-state index in [0.717, 1.165) is 23.5 Å². The molecule has 2 atom stereocenters. The second-order valence-corrected chi connectivity index (χ2v) is 6.17. The minimum absolute atomic E-state index is 0.00190. The van der Waals surface area contributed by atoms with Crippen LogP contribution in [0.5, 0.6) is 0 Å². The predicted octanol–water partition coefficient (Wildman–Crippen LogP) is 2.07. The van der Waals surface area contributed by atoms with Crippen molar-refractivity contribution >= 4 is 17.4 Å². The summed E-state index contributed by atoms with van der Waals surface area (Å²) in [6.07, 6.45) is 1.98. The van der Waals surface area contributed by atoms with Crippen molar-refractivity contribution < 1.29 is 9.53 Å². The smallest absolute Gasteiger partial charge is 0.317 e. The topological polar surface area (TPSA) is 54.5 Å². The van der Waals surface area contributed by atoms with E-state index in [4.69, 9.17) is 4.74 Å². The van der Waals surface area contributed by atoms with E-state index in [2.05, 4.69) is 22.6 Å². The molecule has 0 aromatic carbocycles. The number of nitrogens with zero attached hydrogens (tertiary/aromatic N) is 2. The third kappa shape index (κ3) is 4.18. The maximum Gasteiger partial charge on any atom is 0.317 e. The van der Waals surface area contributed by atoms with Gasteiger partial charge in [0.2, 0.25) is 0 Å². The van der Waals surface area contributed by atoms with Gasteiger partial charge in [0, 0.05) is 31.4 Å². The van der Waals surface area contributed by atoms with Gasteiger partial charge in [-0.1, -0.05) is 6.92 Å². The van der Waals surface area contributed by atoms with E-state index in [1.807, 2.05) is 18.7 Å². The molecule has 1 aromatic heterocycles. The molecule has 1 aliphatic heterocycles. The van der Waals surface area contributed by atoms with Crippen molar-refractivity contribution in [2.75, 3.05) is 19.6 Å². The Bertz CT molecular complexity index is 439. The molecule has 1 aromatic rings. The fraction of sp³-hybridized carbons (Fsp3) is 0.714. The summed E-state index contributed by atoms with van der Waals surface area (Å²) in [6, 6.07) is -0.00190. The number of rotatable bonds is 4. The molecule has 1 fully saturated rings. The molecule has 0 aliphatic carbocycles. The molecule has 6 heteroatoms. The average molecular weight is 297 g/mol. The number of nitrogens with one attached hydrogen (secondary N) is 1. The Balaban J connectivity index is 1.74. The molecule has 1 saturated heterocycles. The Morgan fingerprint density at radius 3 is 2.80 bits per heavy atom. The highest BCUT2D eigenvalue weighted by Gasteiger charge is 2.25. The highest BCUT2D eigenvalue weighted by Crippen LogP contribution is 2.11. The first-order chi connectivity index (χ1) is 9.58. The molecular weight excluding hydrogens is 274 g/mol. The summed E-state index contributed by atoms with van der Waals surface area (Å²) in [7, 11) is 0. The van der Waals surface area contributed by atoms with Gasteiger partial charge in [0.25, 0.3) is 0 Å². The van der Waals surface area contributed by atoms with Gasteiger partial charge in [0.15, 0.2) is 0 Å². The third-order valence-electron chi connectivity index (χ3n) is 3.27. The van der Waals surface area contributed by atoms with Crippen molar-refractivity contribution in [1.82, 2.24) is 15.2 Å². The second-order valence-electron chi connectivity index (χ2n) is 5.23. The normalized spacial score (nSPS) is 22.9. The van der Waals surface area contributed by atoms with E-state index in [9.17, 15) is 4.79 Å². The molecule has 2 rings (SSSR count). The largest absolute Gasteiger partial charge is 0.372 e. The number of hydrogen-bond acceptors (Lipinski definition) is 4. The van der Waals surface area contributed by atoms with E-state index in [1.165, 1.54) is 0 Å². The van der Waals surface area contributed by atoms with Crippen LogP contribution in [0.4, 0.5) is 4.79 Å². The number of thiazole rings is 1. The Morgan fingerprint density at radius 1 is 1.50 bits per heavy atom. The molecule has 20 heavy (non-hydrogen) atoms. The fourth-order valence-corrected chi connectivity index (χ4v) is 3.16. The van der Waals surface area contributed by atoms with Crippen LogP contribution >= 0.6 is 11.3 Å². The molecule has 1 aliphatic rings. The van der Waals surface area contributed by atoms with Crippen LogP contribution in [0.25, 0.3) is 0 Å². The number of amides is 2. The van der Waals surface area contributed by atoms with E-state index >= 15 is 0 Å². The first-order valence-electron chi connectivity index (χ1n) is 7.20. The van der Waals surface area contributed by atoms with Gasteiger partial charge in [-0.05, 0) is 20.3 Å². The molecular formula is C14H23N3O2S. The van der Waals surface area contributed by atoms with Crippen molar-refractivity contribution in [2.24, 2.45) is 0 Å². The van der Waals surface area contributed by atoms with Crippen LogP contribution in [0, 0.1) is 0 Å². The second kappa shape index (κ2) is 7.04. The van der Waals surface area contributed by atoms with Crippen LogP contribution < -0.4 is 5.32 Å². The third-order valence-corrected chi connectivity index (χ3v) is 4.31. The lowest BCUT2D eigenvalue weighted by Gasteiger charge is -2.35. The minimum Gasteiger partial charge on any atom is -0.372 e. The summed E-state index contributed by atoms with van der Waals surface area (Å²) in [5.41, 5.74) is 1.07. The molecule has 2 amide bonds. The molecule has 5 nitrogen and oxygen atoms in total. The quantitative estimate of drug-likeness (QED) is 0.925. The summed E-state index contributed by atoms with van der Waals surface area (Å²) in [6.45, 7) is 8.05. The van der Waals surface area contributed by atoms with E-state index in [-0.39, 0.29) is 18.2 Å². The van der Waals surface area contributed by atoms with Crippen LogP contribution in [0.3, 0.4) is 0 Å². The van der Waals surface area contributed by atoms with Crippen molar-refractivity contribution in [3.05, 3.63) is 16.1 Å². The van der Waals surface area contributed by atoms with Gasteiger partial charge in [-0.2, -0.15) is 0 Å². The molecule has 2 unspecified atom stereocenters. The molecule has 1 N–H and O–H groups in total. The fourth-order valence-electron chi connectivity index (χ4n) is 2.38. The zero-order chi connectivity index (χ0) is 14.5. The lowest BCUT2D eigenvalue weighted by molar-refractivity contribution is -0.0544. The number of aromatic nitrogens is 1. The standard InChI is InChI=1S/C14H23N3O2S/c1-4-13-16-12(9-20-13)5-6-15-14(18)17-7-10(2)19-11(3)8-17/h9-11H,4-8H2,1-3H3,(H,15,18). The summed E-state index contributed by atoms with van der Waals surface area (Å²) < 4.78 is 5.63. The van der Waals surface area contributed by atoms with E-state index in [0.29, 0.717) is 19.6 Å². The summed E-state index contributed by atoms with van der Waals surface area (Å²) in [4.78, 5) is 18.4. The van der Waals surface area contributed by atoms with Crippen LogP contribution in [0.1, 0.15) is 31.5 Å². The van der Waals surface area contributed by atoms with Gasteiger partial charge in [0.1, 0.15) is 0 Å². The van der Waals surface area contributed by atoms with E-state index in [1.54, 1.807) is 11.3 Å². The first-order valence-corrected chi connectivity index (χ1v) is 8.08. The van der Waals surface area contributed by atoms with Crippen molar-refractivity contribution in [2.45, 2.75) is 45.8 Å². The Morgan fingerprint density at radius 2 is 2.20 bits per heavy atom. The number of morpholine rings is 1. The minimum atomic E-state index is -0.00190. The van der Waals surface area contributed by atoms with Crippen molar-refractivity contribution in [1.29, 1.82) is 0 Å².